The van der Waals surface area contributed by atoms with Crippen molar-refractivity contribution in [3.8, 4) is 0 Å². The molecule has 178 valence electrons. The fourth-order valence-corrected chi connectivity index (χ4v) is 4.89. The van der Waals surface area contributed by atoms with Crippen LogP contribution in [0, 0.1) is 12.3 Å². The summed E-state index contributed by atoms with van der Waals surface area (Å²) in [5.74, 6) is 1.47. The summed E-state index contributed by atoms with van der Waals surface area (Å²) in [5, 5.41) is 8.56. The number of nitrogens with zero attached hydrogens (tertiary/aromatic N) is 6. The van der Waals surface area contributed by atoms with E-state index in [1.165, 1.54) is 0 Å². The third-order valence-corrected chi connectivity index (χ3v) is 7.06. The van der Waals surface area contributed by atoms with Gasteiger partial charge in [0.15, 0.2) is 0 Å². The second kappa shape index (κ2) is 9.21. The molecule has 9 heteroatoms. The molecule has 33 heavy (non-hydrogen) atoms. The van der Waals surface area contributed by atoms with Crippen LogP contribution in [-0.4, -0.2) is 82.0 Å². The molecule has 0 radical (unpaired) electrons. The smallest absolute Gasteiger partial charge is 0.255 e. The predicted octanol–water partition coefficient (Wildman–Crippen LogP) is 2.65. The van der Waals surface area contributed by atoms with Crippen LogP contribution in [0.3, 0.4) is 0 Å². The minimum Gasteiger partial charge on any atom is -0.423 e. The first-order valence-electron chi connectivity index (χ1n) is 11.7. The van der Waals surface area contributed by atoms with Gasteiger partial charge in [-0.05, 0) is 43.2 Å². The monoisotopic (exact) mass is 454 g/mol. The van der Waals surface area contributed by atoms with E-state index in [-0.39, 0.29) is 29.2 Å². The summed E-state index contributed by atoms with van der Waals surface area (Å²) in [7, 11) is 3.55. The van der Waals surface area contributed by atoms with Gasteiger partial charge in [-0.2, -0.15) is 0 Å². The lowest BCUT2D eigenvalue weighted by atomic mass is 9.76. The number of piperidine rings is 1. The molecule has 0 bridgehead atoms. The van der Waals surface area contributed by atoms with E-state index in [1.807, 2.05) is 31.7 Å². The Bertz CT molecular complexity index is 1010. The van der Waals surface area contributed by atoms with Gasteiger partial charge in [0.2, 0.25) is 17.7 Å². The van der Waals surface area contributed by atoms with Gasteiger partial charge in [0.25, 0.3) is 5.91 Å². The highest BCUT2D eigenvalue weighted by Gasteiger charge is 2.48. The number of carbonyl (C=O) groups excluding carboxylic acids is 2. The van der Waals surface area contributed by atoms with Crippen molar-refractivity contribution in [2.24, 2.45) is 5.41 Å². The highest BCUT2D eigenvalue weighted by Crippen LogP contribution is 2.49. The number of pyridine rings is 1. The van der Waals surface area contributed by atoms with Crippen LogP contribution < -0.4 is 0 Å². The molecule has 2 amide bonds. The number of aryl methyl sites for hydroxylation is 1. The van der Waals surface area contributed by atoms with Crippen LogP contribution in [0.5, 0.6) is 0 Å². The summed E-state index contributed by atoms with van der Waals surface area (Å²) in [4.78, 5) is 35.5. The molecule has 1 atom stereocenters. The highest BCUT2D eigenvalue weighted by molar-refractivity contribution is 5.95. The average Bonchev–Trinajstić information content (AvgIpc) is 3.40. The average molecular weight is 455 g/mol. The van der Waals surface area contributed by atoms with Crippen molar-refractivity contribution in [1.29, 1.82) is 0 Å². The summed E-state index contributed by atoms with van der Waals surface area (Å²) in [6.07, 6.45) is 5.98. The van der Waals surface area contributed by atoms with Gasteiger partial charge < -0.3 is 14.2 Å². The molecule has 0 N–H and O–H groups in total. The quantitative estimate of drug-likeness (QED) is 0.685. The van der Waals surface area contributed by atoms with E-state index in [4.69, 9.17) is 4.42 Å². The maximum atomic E-state index is 13.1. The molecule has 4 rings (SSSR count). The van der Waals surface area contributed by atoms with Crippen LogP contribution >= 0.6 is 0 Å². The van der Waals surface area contributed by atoms with Gasteiger partial charge >= 0.3 is 0 Å². The zero-order valence-corrected chi connectivity index (χ0v) is 20.2. The van der Waals surface area contributed by atoms with E-state index in [2.05, 4.69) is 20.1 Å². The lowest BCUT2D eigenvalue weighted by molar-refractivity contribution is -0.130. The van der Waals surface area contributed by atoms with Gasteiger partial charge in [-0.25, -0.2) is 0 Å². The Morgan fingerprint density at radius 2 is 1.97 bits per heavy atom. The third kappa shape index (κ3) is 4.78. The zero-order chi connectivity index (χ0) is 23.8. The highest BCUT2D eigenvalue weighted by atomic mass is 16.4. The van der Waals surface area contributed by atoms with Crippen molar-refractivity contribution >= 4 is 11.8 Å². The molecule has 2 aromatic heterocycles. The van der Waals surface area contributed by atoms with E-state index in [9.17, 15) is 9.59 Å². The van der Waals surface area contributed by atoms with Gasteiger partial charge in [0.1, 0.15) is 0 Å². The van der Waals surface area contributed by atoms with Gasteiger partial charge in [0.05, 0.1) is 18.2 Å². The van der Waals surface area contributed by atoms with E-state index in [1.54, 1.807) is 31.4 Å². The van der Waals surface area contributed by atoms with Crippen molar-refractivity contribution in [3.05, 3.63) is 41.4 Å². The normalized spacial score (nSPS) is 20.5. The second-order valence-corrected chi connectivity index (χ2v) is 10.0. The molecule has 9 nitrogen and oxygen atoms in total. The molecule has 2 aliphatic heterocycles. The van der Waals surface area contributed by atoms with Gasteiger partial charge in [-0.3, -0.25) is 19.5 Å². The minimum atomic E-state index is -0.0864. The Labute approximate surface area is 195 Å². The summed E-state index contributed by atoms with van der Waals surface area (Å²) in [6, 6.07) is 1.78. The Hall–Kier alpha value is -2.81. The molecule has 1 spiro atoms. The molecular weight excluding hydrogens is 420 g/mol. The Kier molecular flexibility index (Phi) is 6.52. The Morgan fingerprint density at radius 1 is 1.24 bits per heavy atom. The number of carbonyl (C=O) groups is 2. The summed E-state index contributed by atoms with van der Waals surface area (Å²) in [5.41, 5.74) is 1.63. The molecule has 2 fully saturated rings. The first-order valence-corrected chi connectivity index (χ1v) is 11.7. The molecule has 0 aliphatic carbocycles. The van der Waals surface area contributed by atoms with Crippen LogP contribution in [-0.2, 0) is 4.79 Å². The largest absolute Gasteiger partial charge is 0.423 e. The van der Waals surface area contributed by atoms with E-state index in [0.29, 0.717) is 37.0 Å². The molecule has 2 saturated heterocycles. The van der Waals surface area contributed by atoms with Crippen molar-refractivity contribution < 1.29 is 14.0 Å². The number of hydrogen-bond acceptors (Lipinski definition) is 7. The molecule has 0 aromatic carbocycles. The lowest BCUT2D eigenvalue weighted by Crippen LogP contribution is -2.45. The van der Waals surface area contributed by atoms with Crippen molar-refractivity contribution in [2.75, 3.05) is 40.3 Å². The number of likely N-dealkylation sites (N-methyl/N-ethyl adjacent to an activating group) is 1. The van der Waals surface area contributed by atoms with E-state index < -0.39 is 0 Å². The lowest BCUT2D eigenvalue weighted by Gasteiger charge is -2.39. The number of likely N-dealkylation sites (tertiary alicyclic amines) is 2. The number of rotatable bonds is 5. The Morgan fingerprint density at radius 3 is 2.58 bits per heavy atom. The fourth-order valence-electron chi connectivity index (χ4n) is 4.89. The number of amides is 2. The molecule has 1 unspecified atom stereocenters. The standard InChI is InChI=1S/C24H34N6O3/c1-16(2)21-26-27-22(33-21)19-12-24(15-30(19)14-20(31)28(4)5)7-10-29(11-8-24)23(32)18-13-25-9-6-17(18)3/h6,9,13,16,19H,7-8,10-12,14-15H2,1-5H3. The topological polar surface area (TPSA) is 95.7 Å². The first kappa shape index (κ1) is 23.4. The summed E-state index contributed by atoms with van der Waals surface area (Å²) in [6.45, 7) is 8.47. The third-order valence-electron chi connectivity index (χ3n) is 7.06. The van der Waals surface area contributed by atoms with Crippen molar-refractivity contribution in [1.82, 2.24) is 29.9 Å². The van der Waals surface area contributed by atoms with E-state index in [0.717, 1.165) is 31.4 Å². The zero-order valence-electron chi connectivity index (χ0n) is 20.2. The SMILES string of the molecule is Cc1ccncc1C(=O)N1CCC2(CC1)CC(c1nnc(C(C)C)o1)N(CC(=O)N(C)C)C2. The predicted molar refractivity (Wildman–Crippen MR) is 123 cm³/mol. The van der Waals surface area contributed by atoms with E-state index >= 15 is 0 Å². The maximum absolute atomic E-state index is 13.1. The van der Waals surface area contributed by atoms with Crippen LogP contribution in [0.4, 0.5) is 0 Å². The summed E-state index contributed by atoms with van der Waals surface area (Å²) >= 11 is 0. The van der Waals surface area contributed by atoms with Crippen molar-refractivity contribution in [2.45, 2.75) is 52.0 Å². The van der Waals surface area contributed by atoms with Crippen molar-refractivity contribution in [3.63, 3.8) is 0 Å². The first-order chi connectivity index (χ1) is 15.7. The van der Waals surface area contributed by atoms with Gasteiger partial charge in [0, 0.05) is 52.0 Å². The molecule has 0 saturated carbocycles. The van der Waals surface area contributed by atoms with Crippen LogP contribution in [0.25, 0.3) is 0 Å². The second-order valence-electron chi connectivity index (χ2n) is 10.0. The van der Waals surface area contributed by atoms with Gasteiger partial charge in [-0.15, -0.1) is 10.2 Å². The maximum Gasteiger partial charge on any atom is 0.255 e. The van der Waals surface area contributed by atoms with Crippen LogP contribution in [0.2, 0.25) is 0 Å². The Balaban J connectivity index is 1.50. The fraction of sp³-hybridized carbons (Fsp3) is 0.625. The number of aromatic nitrogens is 3. The molecule has 4 heterocycles. The molecular formula is C24H34N6O3. The van der Waals surface area contributed by atoms with Gasteiger partial charge in [-0.1, -0.05) is 13.8 Å². The molecule has 2 aliphatic rings. The number of hydrogen-bond donors (Lipinski definition) is 0. The minimum absolute atomic E-state index is 0.0183. The van der Waals surface area contributed by atoms with Crippen LogP contribution in [0.15, 0.2) is 22.9 Å². The summed E-state index contributed by atoms with van der Waals surface area (Å²) < 4.78 is 6.01. The van der Waals surface area contributed by atoms with Crippen LogP contribution in [0.1, 0.15) is 72.8 Å². The molecule has 2 aromatic rings.